The number of hydrogen-bond acceptors (Lipinski definition) is 4. The molecule has 0 aromatic heterocycles. The van der Waals surface area contributed by atoms with Gasteiger partial charge in [0.2, 0.25) is 5.91 Å². The van der Waals surface area contributed by atoms with Gasteiger partial charge < -0.3 is 15.2 Å². The Morgan fingerprint density at radius 1 is 1.15 bits per heavy atom. The largest absolute Gasteiger partial charge is 0.467 e. The fourth-order valence-corrected chi connectivity index (χ4v) is 4.89. The zero-order valence-electron chi connectivity index (χ0n) is 11.9. The average Bonchev–Trinajstić information content (AvgIpc) is 2.42. The first-order valence-corrected chi connectivity index (χ1v) is 7.62. The lowest BCUT2D eigenvalue weighted by atomic mass is 9.51. The lowest BCUT2D eigenvalue weighted by Gasteiger charge is -2.53. The molecule has 0 radical (unpaired) electrons. The van der Waals surface area contributed by atoms with Gasteiger partial charge in [-0.1, -0.05) is 0 Å². The van der Waals surface area contributed by atoms with Gasteiger partial charge in [0.15, 0.2) is 6.10 Å². The SMILES string of the molecule is COC(=O)C(O)CNC(=O)C1C2CC3CC(C2)CC1C3. The van der Waals surface area contributed by atoms with Crippen molar-refractivity contribution < 1.29 is 19.4 Å². The Morgan fingerprint density at radius 3 is 2.20 bits per heavy atom. The second-order valence-electron chi connectivity index (χ2n) is 6.74. The number of carbonyl (C=O) groups is 2. The van der Waals surface area contributed by atoms with Crippen molar-refractivity contribution in [1.29, 1.82) is 0 Å². The Morgan fingerprint density at radius 2 is 1.70 bits per heavy atom. The molecule has 112 valence electrons. The fourth-order valence-electron chi connectivity index (χ4n) is 4.89. The first-order chi connectivity index (χ1) is 9.58. The lowest BCUT2D eigenvalue weighted by molar-refractivity contribution is -0.150. The molecular weight excluding hydrogens is 258 g/mol. The molecule has 4 rings (SSSR count). The highest BCUT2D eigenvalue weighted by Gasteiger charge is 2.50. The number of aliphatic hydroxyl groups excluding tert-OH is 1. The number of ether oxygens (including phenoxy) is 1. The topological polar surface area (TPSA) is 75.6 Å². The Labute approximate surface area is 119 Å². The summed E-state index contributed by atoms with van der Waals surface area (Å²) in [4.78, 5) is 23.5. The van der Waals surface area contributed by atoms with Gasteiger partial charge in [-0.25, -0.2) is 4.79 Å². The number of hydrogen-bond donors (Lipinski definition) is 2. The summed E-state index contributed by atoms with van der Waals surface area (Å²) in [6.45, 7) is -0.0473. The standard InChI is InChI=1S/C15H23NO4/c1-20-15(19)12(17)7-16-14(18)13-10-3-8-2-9(5-10)6-11(13)4-8/h8-13,17H,2-7H2,1H3,(H,16,18). The zero-order chi connectivity index (χ0) is 14.3. The van der Waals surface area contributed by atoms with Crippen LogP contribution in [0.4, 0.5) is 0 Å². The van der Waals surface area contributed by atoms with Gasteiger partial charge in [0.1, 0.15) is 0 Å². The van der Waals surface area contributed by atoms with Crippen LogP contribution in [0.1, 0.15) is 32.1 Å². The molecule has 1 atom stereocenters. The van der Waals surface area contributed by atoms with Crippen molar-refractivity contribution in [1.82, 2.24) is 5.32 Å². The molecule has 5 nitrogen and oxygen atoms in total. The summed E-state index contributed by atoms with van der Waals surface area (Å²) < 4.78 is 4.44. The molecule has 20 heavy (non-hydrogen) atoms. The van der Waals surface area contributed by atoms with E-state index in [0.717, 1.165) is 11.8 Å². The van der Waals surface area contributed by atoms with E-state index in [-0.39, 0.29) is 18.4 Å². The van der Waals surface area contributed by atoms with Crippen molar-refractivity contribution in [3.63, 3.8) is 0 Å². The Balaban J connectivity index is 1.56. The molecule has 0 aromatic carbocycles. The second-order valence-corrected chi connectivity index (χ2v) is 6.74. The maximum atomic E-state index is 12.4. The number of amides is 1. The summed E-state index contributed by atoms with van der Waals surface area (Å²) in [5, 5.41) is 12.3. The van der Waals surface area contributed by atoms with E-state index in [2.05, 4.69) is 10.1 Å². The van der Waals surface area contributed by atoms with Crippen LogP contribution in [-0.4, -0.2) is 36.7 Å². The fraction of sp³-hybridized carbons (Fsp3) is 0.867. The summed E-state index contributed by atoms with van der Waals surface area (Å²) >= 11 is 0. The van der Waals surface area contributed by atoms with Crippen molar-refractivity contribution in [2.45, 2.75) is 38.2 Å². The molecule has 4 saturated carbocycles. The van der Waals surface area contributed by atoms with E-state index in [9.17, 15) is 14.7 Å². The molecule has 0 aliphatic heterocycles. The van der Waals surface area contributed by atoms with Crippen LogP contribution in [0, 0.1) is 29.6 Å². The predicted molar refractivity (Wildman–Crippen MR) is 71.6 cm³/mol. The number of nitrogens with one attached hydrogen (secondary N) is 1. The average molecular weight is 281 g/mol. The Hall–Kier alpha value is -1.10. The summed E-state index contributed by atoms with van der Waals surface area (Å²) in [5.74, 6) is 2.11. The summed E-state index contributed by atoms with van der Waals surface area (Å²) in [6, 6.07) is 0. The molecule has 2 N–H and O–H groups in total. The molecule has 0 heterocycles. The van der Waals surface area contributed by atoms with Gasteiger partial charge in [-0.3, -0.25) is 4.79 Å². The number of rotatable bonds is 4. The van der Waals surface area contributed by atoms with Crippen molar-refractivity contribution in [2.24, 2.45) is 29.6 Å². The molecule has 1 amide bonds. The summed E-state index contributed by atoms with van der Waals surface area (Å²) in [7, 11) is 1.23. The van der Waals surface area contributed by atoms with Gasteiger partial charge in [0.25, 0.3) is 0 Å². The third-order valence-corrected chi connectivity index (χ3v) is 5.47. The van der Waals surface area contributed by atoms with Crippen LogP contribution in [-0.2, 0) is 14.3 Å². The predicted octanol–water partition coefficient (Wildman–Crippen LogP) is 0.709. The normalized spacial score (nSPS) is 39.4. The molecular formula is C15H23NO4. The minimum Gasteiger partial charge on any atom is -0.467 e. The van der Waals surface area contributed by atoms with Crippen LogP contribution >= 0.6 is 0 Å². The highest BCUT2D eigenvalue weighted by Crippen LogP contribution is 2.56. The van der Waals surface area contributed by atoms with Crippen LogP contribution in [0.2, 0.25) is 0 Å². The van der Waals surface area contributed by atoms with E-state index in [1.165, 1.54) is 39.2 Å². The molecule has 4 aliphatic rings. The van der Waals surface area contributed by atoms with E-state index in [1.54, 1.807) is 0 Å². The maximum absolute atomic E-state index is 12.4. The number of aliphatic hydroxyl groups is 1. The number of carbonyl (C=O) groups excluding carboxylic acids is 2. The minimum atomic E-state index is -1.26. The highest BCUT2D eigenvalue weighted by molar-refractivity contribution is 5.81. The van der Waals surface area contributed by atoms with Gasteiger partial charge in [0.05, 0.1) is 13.7 Å². The second kappa shape index (κ2) is 5.35. The molecule has 4 aliphatic carbocycles. The Kier molecular flexibility index (Phi) is 3.71. The van der Waals surface area contributed by atoms with Crippen molar-refractivity contribution in [3.05, 3.63) is 0 Å². The minimum absolute atomic E-state index is 0.0155. The monoisotopic (exact) mass is 281 g/mol. The van der Waals surface area contributed by atoms with Crippen LogP contribution < -0.4 is 5.32 Å². The van der Waals surface area contributed by atoms with Crippen molar-refractivity contribution in [3.8, 4) is 0 Å². The third-order valence-electron chi connectivity index (χ3n) is 5.47. The number of esters is 1. The molecule has 0 spiro atoms. The smallest absolute Gasteiger partial charge is 0.336 e. The molecule has 5 heteroatoms. The highest BCUT2D eigenvalue weighted by atomic mass is 16.5. The first-order valence-electron chi connectivity index (χ1n) is 7.62. The molecule has 0 saturated heterocycles. The summed E-state index contributed by atoms with van der Waals surface area (Å²) in [6.07, 6.45) is 4.84. The van der Waals surface area contributed by atoms with Gasteiger partial charge >= 0.3 is 5.97 Å². The van der Waals surface area contributed by atoms with Crippen LogP contribution in [0.3, 0.4) is 0 Å². The number of methoxy groups -OCH3 is 1. The molecule has 1 unspecified atom stereocenters. The summed E-state index contributed by atoms with van der Waals surface area (Å²) in [5.41, 5.74) is 0. The van der Waals surface area contributed by atoms with E-state index in [4.69, 9.17) is 0 Å². The lowest BCUT2D eigenvalue weighted by Crippen LogP contribution is -2.52. The van der Waals surface area contributed by atoms with Crippen molar-refractivity contribution in [2.75, 3.05) is 13.7 Å². The van der Waals surface area contributed by atoms with Gasteiger partial charge in [-0.2, -0.15) is 0 Å². The Bertz CT molecular complexity index is 381. The van der Waals surface area contributed by atoms with Crippen LogP contribution in [0.5, 0.6) is 0 Å². The van der Waals surface area contributed by atoms with Gasteiger partial charge in [-0.05, 0) is 55.8 Å². The molecule has 0 aromatic rings. The van der Waals surface area contributed by atoms with E-state index in [1.807, 2.05) is 0 Å². The van der Waals surface area contributed by atoms with E-state index in [0.29, 0.717) is 11.8 Å². The third kappa shape index (κ3) is 2.43. The maximum Gasteiger partial charge on any atom is 0.336 e. The van der Waals surface area contributed by atoms with E-state index >= 15 is 0 Å². The van der Waals surface area contributed by atoms with E-state index < -0.39 is 12.1 Å². The first kappa shape index (κ1) is 13.9. The quantitative estimate of drug-likeness (QED) is 0.744. The zero-order valence-corrected chi connectivity index (χ0v) is 11.9. The van der Waals surface area contributed by atoms with Gasteiger partial charge in [0, 0.05) is 5.92 Å². The van der Waals surface area contributed by atoms with Gasteiger partial charge in [-0.15, -0.1) is 0 Å². The van der Waals surface area contributed by atoms with Crippen molar-refractivity contribution >= 4 is 11.9 Å². The van der Waals surface area contributed by atoms with Crippen LogP contribution in [0.15, 0.2) is 0 Å². The molecule has 4 bridgehead atoms. The van der Waals surface area contributed by atoms with Crippen LogP contribution in [0.25, 0.3) is 0 Å². The molecule has 4 fully saturated rings.